The molecule has 1 heterocycles. The van der Waals surface area contributed by atoms with Gasteiger partial charge in [0.2, 0.25) is 5.76 Å². The first kappa shape index (κ1) is 14.5. The predicted molar refractivity (Wildman–Crippen MR) is 78.7 cm³/mol. The van der Waals surface area contributed by atoms with E-state index in [1.165, 1.54) is 11.2 Å². The number of halogens is 1. The van der Waals surface area contributed by atoms with Gasteiger partial charge in [-0.05, 0) is 34.1 Å². The van der Waals surface area contributed by atoms with Gasteiger partial charge in [-0.25, -0.2) is 0 Å². The number of rotatable bonds is 4. The summed E-state index contributed by atoms with van der Waals surface area (Å²) in [5, 5.41) is 0. The molecule has 1 aromatic heterocycles. The smallest absolute Gasteiger partial charge is 0.294 e. The molecule has 0 bridgehead atoms. The molecule has 0 radical (unpaired) electrons. The highest BCUT2D eigenvalue weighted by Crippen LogP contribution is 2.32. The zero-order chi connectivity index (χ0) is 14.7. The lowest BCUT2D eigenvalue weighted by molar-refractivity contribution is 0.0965. The van der Waals surface area contributed by atoms with Crippen LogP contribution in [0.2, 0.25) is 0 Å². The molecule has 0 fully saturated rings. The number of anilines is 1. The third-order valence-electron chi connectivity index (χ3n) is 2.87. The number of hydrogen-bond donors (Lipinski definition) is 0. The molecule has 20 heavy (non-hydrogen) atoms. The van der Waals surface area contributed by atoms with E-state index in [1.807, 2.05) is 0 Å². The van der Waals surface area contributed by atoms with Gasteiger partial charge in [0.15, 0.2) is 11.5 Å². The molecular formula is C14H14BrNO4. The Hall–Kier alpha value is -1.95. The maximum absolute atomic E-state index is 12.3. The van der Waals surface area contributed by atoms with E-state index in [2.05, 4.69) is 15.9 Å². The van der Waals surface area contributed by atoms with Crippen LogP contribution >= 0.6 is 15.9 Å². The van der Waals surface area contributed by atoms with Crippen molar-refractivity contribution in [2.45, 2.75) is 0 Å². The molecular weight excluding hydrogens is 326 g/mol. The van der Waals surface area contributed by atoms with Crippen molar-refractivity contribution in [2.75, 3.05) is 26.2 Å². The van der Waals surface area contributed by atoms with Crippen LogP contribution in [0, 0.1) is 0 Å². The summed E-state index contributed by atoms with van der Waals surface area (Å²) in [6.07, 6.45) is 1.46. The second-order valence-electron chi connectivity index (χ2n) is 4.00. The highest BCUT2D eigenvalue weighted by Gasteiger charge is 2.20. The maximum atomic E-state index is 12.3. The topological polar surface area (TPSA) is 51.9 Å². The number of furan rings is 1. The zero-order valence-electron chi connectivity index (χ0n) is 11.3. The van der Waals surface area contributed by atoms with Crippen LogP contribution in [0.3, 0.4) is 0 Å². The number of benzene rings is 1. The number of ether oxygens (including phenoxy) is 2. The molecule has 1 amide bonds. The van der Waals surface area contributed by atoms with Crippen molar-refractivity contribution in [3.05, 3.63) is 40.8 Å². The molecule has 0 saturated carbocycles. The minimum atomic E-state index is -0.255. The fourth-order valence-electron chi connectivity index (χ4n) is 1.75. The predicted octanol–water partition coefficient (Wildman–Crippen LogP) is 3.34. The number of nitrogens with zero attached hydrogens (tertiary/aromatic N) is 1. The molecule has 0 N–H and O–H groups in total. The SMILES string of the molecule is COc1ccc(N(C)C(=O)c2occc2Br)cc1OC. The Morgan fingerprint density at radius 3 is 2.45 bits per heavy atom. The van der Waals surface area contributed by atoms with Gasteiger partial charge in [-0.2, -0.15) is 0 Å². The van der Waals surface area contributed by atoms with Gasteiger partial charge in [0.1, 0.15) is 0 Å². The summed E-state index contributed by atoms with van der Waals surface area (Å²) in [6.45, 7) is 0. The van der Waals surface area contributed by atoms with Gasteiger partial charge >= 0.3 is 0 Å². The summed E-state index contributed by atoms with van der Waals surface area (Å²) in [5.74, 6) is 1.16. The van der Waals surface area contributed by atoms with E-state index >= 15 is 0 Å². The Morgan fingerprint density at radius 1 is 1.20 bits per heavy atom. The van der Waals surface area contributed by atoms with Crippen LogP contribution in [0.4, 0.5) is 5.69 Å². The highest BCUT2D eigenvalue weighted by atomic mass is 79.9. The van der Waals surface area contributed by atoms with Crippen LogP contribution in [0.25, 0.3) is 0 Å². The Morgan fingerprint density at radius 2 is 1.90 bits per heavy atom. The quantitative estimate of drug-likeness (QED) is 0.857. The molecule has 2 rings (SSSR count). The third kappa shape index (κ3) is 2.65. The summed E-state index contributed by atoms with van der Waals surface area (Å²) in [6, 6.07) is 6.93. The molecule has 5 nitrogen and oxygen atoms in total. The van der Waals surface area contributed by atoms with E-state index < -0.39 is 0 Å². The Bertz CT molecular complexity index is 623. The van der Waals surface area contributed by atoms with Crippen molar-refractivity contribution >= 4 is 27.5 Å². The Balaban J connectivity index is 2.32. The summed E-state index contributed by atoms with van der Waals surface area (Å²) < 4.78 is 16.2. The second-order valence-corrected chi connectivity index (χ2v) is 4.86. The van der Waals surface area contributed by atoms with Gasteiger partial charge in [-0.3, -0.25) is 4.79 Å². The van der Waals surface area contributed by atoms with E-state index in [1.54, 1.807) is 45.5 Å². The van der Waals surface area contributed by atoms with Crippen LogP contribution in [-0.4, -0.2) is 27.2 Å². The van der Waals surface area contributed by atoms with E-state index in [4.69, 9.17) is 13.9 Å². The summed E-state index contributed by atoms with van der Waals surface area (Å²) in [4.78, 5) is 13.8. The van der Waals surface area contributed by atoms with Crippen molar-refractivity contribution in [2.24, 2.45) is 0 Å². The molecule has 0 aliphatic heterocycles. The maximum Gasteiger partial charge on any atom is 0.294 e. The largest absolute Gasteiger partial charge is 0.493 e. The number of methoxy groups -OCH3 is 2. The van der Waals surface area contributed by atoms with Crippen LogP contribution < -0.4 is 14.4 Å². The monoisotopic (exact) mass is 339 g/mol. The molecule has 0 aliphatic carbocycles. The summed E-state index contributed by atoms with van der Waals surface area (Å²) >= 11 is 3.27. The van der Waals surface area contributed by atoms with Crippen LogP contribution in [0.5, 0.6) is 11.5 Å². The second kappa shape index (κ2) is 6.00. The Kier molecular flexibility index (Phi) is 4.34. The van der Waals surface area contributed by atoms with E-state index in [-0.39, 0.29) is 11.7 Å². The number of carbonyl (C=O) groups is 1. The fourth-order valence-corrected chi connectivity index (χ4v) is 2.12. The fraction of sp³-hybridized carbons (Fsp3) is 0.214. The minimum absolute atomic E-state index is 0.252. The van der Waals surface area contributed by atoms with Gasteiger partial charge in [-0.1, -0.05) is 0 Å². The van der Waals surface area contributed by atoms with Crippen LogP contribution in [0.1, 0.15) is 10.6 Å². The molecule has 0 unspecified atom stereocenters. The first-order chi connectivity index (χ1) is 9.58. The highest BCUT2D eigenvalue weighted by molar-refractivity contribution is 9.10. The molecule has 1 aromatic carbocycles. The third-order valence-corrected chi connectivity index (χ3v) is 3.49. The average molecular weight is 340 g/mol. The van der Waals surface area contributed by atoms with Crippen LogP contribution in [0.15, 0.2) is 39.4 Å². The first-order valence-corrected chi connectivity index (χ1v) is 6.61. The normalized spacial score (nSPS) is 10.2. The number of carbonyl (C=O) groups excluding carboxylic acids is 1. The van der Waals surface area contributed by atoms with Crippen molar-refractivity contribution < 1.29 is 18.7 Å². The van der Waals surface area contributed by atoms with E-state index in [0.717, 1.165) is 0 Å². The lowest BCUT2D eigenvalue weighted by Gasteiger charge is -2.18. The average Bonchev–Trinajstić information content (AvgIpc) is 2.91. The van der Waals surface area contributed by atoms with Gasteiger partial charge in [0, 0.05) is 18.8 Å². The molecule has 106 valence electrons. The van der Waals surface area contributed by atoms with Crippen molar-refractivity contribution in [3.8, 4) is 11.5 Å². The van der Waals surface area contributed by atoms with E-state index in [9.17, 15) is 4.79 Å². The van der Waals surface area contributed by atoms with Crippen molar-refractivity contribution in [1.82, 2.24) is 0 Å². The number of hydrogen-bond acceptors (Lipinski definition) is 4. The van der Waals surface area contributed by atoms with Gasteiger partial charge in [0.05, 0.1) is 25.0 Å². The van der Waals surface area contributed by atoms with E-state index in [0.29, 0.717) is 21.7 Å². The van der Waals surface area contributed by atoms with Gasteiger partial charge in [0.25, 0.3) is 5.91 Å². The standard InChI is InChI=1S/C14H14BrNO4/c1-16(14(17)13-10(15)6-7-20-13)9-4-5-11(18-2)12(8-9)19-3/h4-8H,1-3H3. The molecule has 2 aromatic rings. The molecule has 0 atom stereocenters. The number of amides is 1. The molecule has 0 spiro atoms. The molecule has 6 heteroatoms. The lowest BCUT2D eigenvalue weighted by Crippen LogP contribution is -2.26. The minimum Gasteiger partial charge on any atom is -0.493 e. The Labute approximate surface area is 125 Å². The van der Waals surface area contributed by atoms with Crippen LogP contribution in [-0.2, 0) is 0 Å². The van der Waals surface area contributed by atoms with Crippen molar-refractivity contribution in [1.29, 1.82) is 0 Å². The van der Waals surface area contributed by atoms with Gasteiger partial charge in [-0.15, -0.1) is 0 Å². The first-order valence-electron chi connectivity index (χ1n) is 5.81. The lowest BCUT2D eigenvalue weighted by atomic mass is 10.2. The zero-order valence-corrected chi connectivity index (χ0v) is 12.9. The molecule has 0 aliphatic rings. The van der Waals surface area contributed by atoms with Gasteiger partial charge < -0.3 is 18.8 Å². The molecule has 0 saturated heterocycles. The van der Waals surface area contributed by atoms with Crippen molar-refractivity contribution in [3.63, 3.8) is 0 Å². The summed E-state index contributed by atoms with van der Waals surface area (Å²) in [5.41, 5.74) is 0.677. The summed E-state index contributed by atoms with van der Waals surface area (Å²) in [7, 11) is 4.78.